The van der Waals surface area contributed by atoms with Gasteiger partial charge in [0.1, 0.15) is 11.0 Å². The number of nitrogens with zero attached hydrogens (tertiary/aromatic N) is 1. The van der Waals surface area contributed by atoms with Gasteiger partial charge in [0.05, 0.1) is 7.11 Å². The Morgan fingerprint density at radius 2 is 1.94 bits per heavy atom. The predicted molar refractivity (Wildman–Crippen MR) is 56.3 cm³/mol. The van der Waals surface area contributed by atoms with E-state index in [1.807, 2.05) is 0 Å². The highest BCUT2D eigenvalue weighted by atomic mass is 32.2. The van der Waals surface area contributed by atoms with Crippen molar-refractivity contribution in [3.63, 3.8) is 0 Å². The minimum atomic E-state index is -5.23. The minimum absolute atomic E-state index is 0.163. The third-order valence-corrected chi connectivity index (χ3v) is 2.52. The molecule has 0 amide bonds. The Morgan fingerprint density at radius 1 is 1.44 bits per heavy atom. The molecule has 0 rings (SSSR count). The van der Waals surface area contributed by atoms with Crippen LogP contribution in [0.1, 0.15) is 6.92 Å². The molecule has 0 saturated heterocycles. The second-order valence-electron chi connectivity index (χ2n) is 2.86. The first-order chi connectivity index (χ1) is 8.15. The zero-order chi connectivity index (χ0) is 14.5. The number of carbonyl (C=O) groups is 1. The zero-order valence-corrected chi connectivity index (χ0v) is 10.1. The summed E-state index contributed by atoms with van der Waals surface area (Å²) in [7, 11) is 0.682. The fourth-order valence-corrected chi connectivity index (χ4v) is 1.43. The van der Waals surface area contributed by atoms with Crippen molar-refractivity contribution in [2.24, 2.45) is 5.73 Å². The number of hydrogen-bond donors (Lipinski definition) is 1. The lowest BCUT2D eigenvalue weighted by molar-refractivity contribution is -0.148. The second-order valence-corrected chi connectivity index (χ2v) is 3.83. The maximum absolute atomic E-state index is 13.4. The van der Waals surface area contributed by atoms with E-state index in [4.69, 9.17) is 11.0 Å². The maximum Gasteiger partial charge on any atom is 0.426 e. The van der Waals surface area contributed by atoms with Gasteiger partial charge in [-0.05, 0) is 18.7 Å². The number of carbonyl (C=O) groups excluding carboxylic acids is 1. The largest absolute Gasteiger partial charge is 0.465 e. The highest BCUT2D eigenvalue weighted by Gasteiger charge is 2.43. The number of nitrogens with two attached hydrogens (primary N) is 1. The van der Waals surface area contributed by atoms with Crippen LogP contribution in [0.3, 0.4) is 0 Å². The molecule has 0 aliphatic carbocycles. The molecular weight excluding hydrogens is 276 g/mol. The Labute approximate surface area is 104 Å². The smallest absolute Gasteiger partial charge is 0.426 e. The van der Waals surface area contributed by atoms with E-state index in [1.54, 1.807) is 0 Å². The number of nitriles is 1. The van der Waals surface area contributed by atoms with Crippen LogP contribution < -0.4 is 5.73 Å². The third kappa shape index (κ3) is 4.29. The van der Waals surface area contributed by atoms with E-state index in [-0.39, 0.29) is 17.5 Å². The Morgan fingerprint density at radius 3 is 2.22 bits per heavy atom. The van der Waals surface area contributed by atoms with E-state index < -0.39 is 27.8 Å². The summed E-state index contributed by atoms with van der Waals surface area (Å²) in [5.41, 5.74) is 2.89. The molecule has 0 aromatic rings. The van der Waals surface area contributed by atoms with Crippen LogP contribution >= 0.6 is 11.8 Å². The minimum Gasteiger partial charge on any atom is -0.465 e. The van der Waals surface area contributed by atoms with Gasteiger partial charge in [-0.25, -0.2) is 4.79 Å². The number of thioether (sulfide) groups is 1. The molecule has 0 bridgehead atoms. The average Bonchev–Trinajstić information content (AvgIpc) is 2.23. The number of allylic oxidation sites excluding steroid dienone is 2. The van der Waals surface area contributed by atoms with Crippen molar-refractivity contribution in [1.82, 2.24) is 0 Å². The van der Waals surface area contributed by atoms with Gasteiger partial charge in [0.2, 0.25) is 0 Å². The molecule has 0 fully saturated rings. The number of halogens is 4. The summed E-state index contributed by atoms with van der Waals surface area (Å²) >= 11 is -0.183. The van der Waals surface area contributed by atoms with E-state index in [2.05, 4.69) is 4.74 Å². The summed E-state index contributed by atoms with van der Waals surface area (Å²) in [4.78, 5) is 10.4. The number of ether oxygens (including phenoxy) is 1. The van der Waals surface area contributed by atoms with E-state index >= 15 is 0 Å². The van der Waals surface area contributed by atoms with Crippen molar-refractivity contribution in [3.05, 3.63) is 21.3 Å². The van der Waals surface area contributed by atoms with Crippen LogP contribution in [0.15, 0.2) is 21.3 Å². The summed E-state index contributed by atoms with van der Waals surface area (Å²) in [6, 6.07) is 1.42. The molecular formula is C9H8F4N2O2S. The molecule has 4 nitrogen and oxygen atoms in total. The molecule has 0 unspecified atom stereocenters. The lowest BCUT2D eigenvalue weighted by Gasteiger charge is -2.10. The van der Waals surface area contributed by atoms with Gasteiger partial charge in [-0.1, -0.05) is 0 Å². The number of methoxy groups -OCH3 is 1. The van der Waals surface area contributed by atoms with Gasteiger partial charge < -0.3 is 10.5 Å². The summed E-state index contributed by atoms with van der Waals surface area (Å²) in [6.45, 7) is 1.21. The summed E-state index contributed by atoms with van der Waals surface area (Å²) < 4.78 is 54.5. The average molecular weight is 284 g/mol. The monoisotopic (exact) mass is 284 g/mol. The molecule has 0 saturated carbocycles. The maximum atomic E-state index is 13.4. The van der Waals surface area contributed by atoms with Crippen molar-refractivity contribution in [3.8, 4) is 6.07 Å². The molecule has 0 aromatic carbocycles. The molecule has 0 aliphatic rings. The molecule has 0 aliphatic heterocycles. The molecule has 0 heterocycles. The van der Waals surface area contributed by atoms with E-state index in [9.17, 15) is 22.4 Å². The first-order valence-corrected chi connectivity index (χ1v) is 5.06. The van der Waals surface area contributed by atoms with Gasteiger partial charge >= 0.3 is 12.1 Å². The summed E-state index contributed by atoms with van der Waals surface area (Å²) in [5, 5.41) is 6.64. The van der Waals surface area contributed by atoms with Gasteiger partial charge in [0, 0.05) is 5.70 Å². The van der Waals surface area contributed by atoms with Crippen LogP contribution in [0.2, 0.25) is 0 Å². The molecule has 0 atom stereocenters. The Hall–Kier alpha value is -1.69. The highest BCUT2D eigenvalue weighted by Crippen LogP contribution is 2.37. The Bertz CT molecular complexity index is 444. The van der Waals surface area contributed by atoms with Crippen molar-refractivity contribution in [1.29, 1.82) is 5.26 Å². The third-order valence-electron chi connectivity index (χ3n) is 1.52. The van der Waals surface area contributed by atoms with Gasteiger partial charge in [0.15, 0.2) is 10.7 Å². The fraction of sp³-hybridized carbons (Fsp3) is 0.333. The van der Waals surface area contributed by atoms with Crippen LogP contribution in [0, 0.1) is 11.3 Å². The van der Waals surface area contributed by atoms with Crippen molar-refractivity contribution in [2.45, 2.75) is 13.1 Å². The lowest BCUT2D eigenvalue weighted by atomic mass is 10.3. The molecule has 9 heteroatoms. The van der Waals surface area contributed by atoms with Crippen LogP contribution in [0.4, 0.5) is 17.6 Å². The van der Waals surface area contributed by atoms with Crippen molar-refractivity contribution >= 4 is 17.7 Å². The quantitative estimate of drug-likeness (QED) is 0.372. The molecule has 0 aromatic heterocycles. The Kier molecular flexibility index (Phi) is 5.71. The number of hydrogen-bond acceptors (Lipinski definition) is 5. The van der Waals surface area contributed by atoms with E-state index in [1.165, 1.54) is 13.0 Å². The van der Waals surface area contributed by atoms with Crippen LogP contribution in [-0.4, -0.2) is 19.3 Å². The molecule has 100 valence electrons. The molecule has 18 heavy (non-hydrogen) atoms. The number of rotatable bonds is 3. The van der Waals surface area contributed by atoms with Gasteiger partial charge in [0.25, 0.3) is 0 Å². The van der Waals surface area contributed by atoms with Crippen LogP contribution in [0.5, 0.6) is 0 Å². The number of alkyl halides is 3. The van der Waals surface area contributed by atoms with Crippen molar-refractivity contribution < 1.29 is 27.1 Å². The summed E-state index contributed by atoms with van der Waals surface area (Å²) in [5.74, 6) is -1.88. The normalized spacial score (nSPS) is 14.3. The van der Waals surface area contributed by atoms with Crippen LogP contribution in [-0.2, 0) is 9.53 Å². The fourth-order valence-electron chi connectivity index (χ4n) is 0.742. The SMILES string of the molecule is COC(=O)C(=C(F)SC(C#N)=C(C)N)C(F)(F)F. The highest BCUT2D eigenvalue weighted by molar-refractivity contribution is 8.06. The van der Waals surface area contributed by atoms with Gasteiger partial charge in [-0.15, -0.1) is 0 Å². The number of esters is 1. The van der Waals surface area contributed by atoms with Crippen molar-refractivity contribution in [2.75, 3.05) is 7.11 Å². The molecule has 0 radical (unpaired) electrons. The predicted octanol–water partition coefficient (Wildman–Crippen LogP) is 2.35. The topological polar surface area (TPSA) is 76.1 Å². The van der Waals surface area contributed by atoms with E-state index in [0.29, 0.717) is 7.11 Å². The van der Waals surface area contributed by atoms with Gasteiger partial charge in [-0.3, -0.25) is 0 Å². The molecule has 2 N–H and O–H groups in total. The van der Waals surface area contributed by atoms with Gasteiger partial charge in [-0.2, -0.15) is 22.8 Å². The first-order valence-electron chi connectivity index (χ1n) is 4.24. The first kappa shape index (κ1) is 16.3. The molecule has 0 spiro atoms. The van der Waals surface area contributed by atoms with E-state index in [0.717, 1.165) is 0 Å². The lowest BCUT2D eigenvalue weighted by Crippen LogP contribution is -2.22. The Balaban J connectivity index is 5.59. The zero-order valence-electron chi connectivity index (χ0n) is 9.26. The summed E-state index contributed by atoms with van der Waals surface area (Å²) in [6.07, 6.45) is -5.23. The van der Waals surface area contributed by atoms with Crippen LogP contribution in [0.25, 0.3) is 0 Å². The standard InChI is InChI=1S/C9H8F4N2O2S/c1-4(15)5(3-14)18-7(10)6(8(16)17-2)9(11,12)13/h15H2,1-2H3. The second kappa shape index (κ2) is 6.30.